The van der Waals surface area contributed by atoms with E-state index in [9.17, 15) is 0 Å². The maximum absolute atomic E-state index is 5.50. The standard InChI is InChI=1S/C27H29N3O.C9H7N/c1-29-27(17-20(28-29)18-30-13-15-31-16-14-30)26-8-4-7-22-24-10-9-19-5-2-3-6-21(19)23(24)11-12-25(22)26;1-2-4-9-7-10-6-5-8(9)3-1/h2-3,5-6,9-12,17,26H,4,7-8,13-16,18H2,1H3;1-7H. The van der Waals surface area contributed by atoms with Crippen LogP contribution >= 0.6 is 0 Å². The Morgan fingerprint density at radius 1 is 0.805 bits per heavy atom. The van der Waals surface area contributed by atoms with E-state index in [1.165, 1.54) is 74.1 Å². The predicted octanol–water partition coefficient (Wildman–Crippen LogP) is 7.26. The molecule has 1 aliphatic carbocycles. The normalized spacial score (nSPS) is 17.3. The maximum atomic E-state index is 5.50. The number of fused-ring (bicyclic) bond motifs is 6. The van der Waals surface area contributed by atoms with Crippen LogP contribution in [0.2, 0.25) is 0 Å². The molecule has 1 atom stereocenters. The van der Waals surface area contributed by atoms with Gasteiger partial charge in [-0.2, -0.15) is 5.10 Å². The highest BCUT2D eigenvalue weighted by atomic mass is 16.5. The van der Waals surface area contributed by atoms with Crippen molar-refractivity contribution in [3.63, 3.8) is 0 Å². The molecule has 0 bridgehead atoms. The van der Waals surface area contributed by atoms with Gasteiger partial charge in [-0.25, -0.2) is 0 Å². The van der Waals surface area contributed by atoms with Gasteiger partial charge >= 0.3 is 0 Å². The summed E-state index contributed by atoms with van der Waals surface area (Å²) in [4.78, 5) is 6.46. The lowest BCUT2D eigenvalue weighted by Crippen LogP contribution is -2.35. The highest BCUT2D eigenvalue weighted by molar-refractivity contribution is 6.08. The molecule has 2 aliphatic rings. The summed E-state index contributed by atoms with van der Waals surface area (Å²) in [7, 11) is 2.11. The molecule has 2 aromatic heterocycles. The van der Waals surface area contributed by atoms with Gasteiger partial charge in [-0.15, -0.1) is 0 Å². The Balaban J connectivity index is 0.000000232. The fourth-order valence-electron chi connectivity index (χ4n) is 6.68. The maximum Gasteiger partial charge on any atom is 0.0767 e. The van der Waals surface area contributed by atoms with Gasteiger partial charge in [0.25, 0.3) is 0 Å². The summed E-state index contributed by atoms with van der Waals surface area (Å²) < 4.78 is 7.62. The lowest BCUT2D eigenvalue weighted by atomic mass is 9.78. The fraction of sp³-hybridized carbons (Fsp3) is 0.278. The summed E-state index contributed by atoms with van der Waals surface area (Å²) in [5, 5.41) is 12.8. The zero-order chi connectivity index (χ0) is 27.6. The third-order valence-corrected chi connectivity index (χ3v) is 8.73. The minimum atomic E-state index is 0.426. The topological polar surface area (TPSA) is 43.2 Å². The van der Waals surface area contributed by atoms with Gasteiger partial charge in [0.15, 0.2) is 0 Å². The van der Waals surface area contributed by atoms with Crippen LogP contribution in [0.1, 0.15) is 41.3 Å². The Morgan fingerprint density at radius 2 is 1.59 bits per heavy atom. The third kappa shape index (κ3) is 5.23. The Kier molecular flexibility index (Phi) is 7.22. The molecule has 206 valence electrons. The number of ether oxygens (including phenoxy) is 1. The minimum Gasteiger partial charge on any atom is -0.379 e. The molecule has 1 aliphatic heterocycles. The van der Waals surface area contributed by atoms with Crippen molar-refractivity contribution in [2.24, 2.45) is 7.05 Å². The molecule has 8 rings (SSSR count). The van der Waals surface area contributed by atoms with E-state index in [0.29, 0.717) is 5.92 Å². The Labute approximate surface area is 241 Å². The second-order valence-corrected chi connectivity index (χ2v) is 11.3. The van der Waals surface area contributed by atoms with Crippen LogP contribution in [0.15, 0.2) is 97.3 Å². The van der Waals surface area contributed by atoms with Crippen molar-refractivity contribution in [3.8, 4) is 0 Å². The highest BCUT2D eigenvalue weighted by Gasteiger charge is 2.27. The van der Waals surface area contributed by atoms with Gasteiger partial charge in [0.2, 0.25) is 0 Å². The first-order valence-electron chi connectivity index (χ1n) is 14.8. The van der Waals surface area contributed by atoms with Crippen molar-refractivity contribution < 1.29 is 4.74 Å². The number of aromatic nitrogens is 3. The number of aryl methyl sites for hydroxylation is 2. The molecule has 0 saturated carbocycles. The van der Waals surface area contributed by atoms with Gasteiger partial charge in [-0.3, -0.25) is 14.6 Å². The van der Waals surface area contributed by atoms with Crippen molar-refractivity contribution in [2.45, 2.75) is 31.7 Å². The van der Waals surface area contributed by atoms with Gasteiger partial charge in [-0.05, 0) is 74.8 Å². The highest BCUT2D eigenvalue weighted by Crippen LogP contribution is 2.41. The molecular formula is C36H36N4O. The van der Waals surface area contributed by atoms with Gasteiger partial charge in [0.1, 0.15) is 0 Å². The average Bonchev–Trinajstić information content (AvgIpc) is 3.40. The predicted molar refractivity (Wildman–Crippen MR) is 167 cm³/mol. The molecule has 6 aromatic rings. The summed E-state index contributed by atoms with van der Waals surface area (Å²) in [6, 6.07) is 30.6. The molecule has 4 aromatic carbocycles. The molecule has 0 spiro atoms. The van der Waals surface area contributed by atoms with Crippen molar-refractivity contribution in [3.05, 3.63) is 120 Å². The molecule has 5 heteroatoms. The minimum absolute atomic E-state index is 0.426. The number of hydrogen-bond donors (Lipinski definition) is 0. The zero-order valence-electron chi connectivity index (χ0n) is 23.7. The number of rotatable bonds is 3. The summed E-state index contributed by atoms with van der Waals surface area (Å²) in [6.45, 7) is 4.58. The average molecular weight is 541 g/mol. The van der Waals surface area contributed by atoms with Gasteiger partial charge in [-0.1, -0.05) is 72.8 Å². The van der Waals surface area contributed by atoms with E-state index in [1.807, 2.05) is 30.6 Å². The Bertz CT molecular complexity index is 1750. The molecular weight excluding hydrogens is 504 g/mol. The molecule has 1 unspecified atom stereocenters. The number of pyridine rings is 1. The molecule has 1 saturated heterocycles. The van der Waals surface area contributed by atoms with Crippen molar-refractivity contribution in [2.75, 3.05) is 26.3 Å². The third-order valence-electron chi connectivity index (χ3n) is 8.73. The van der Waals surface area contributed by atoms with E-state index in [0.717, 1.165) is 32.8 Å². The van der Waals surface area contributed by atoms with Crippen LogP contribution in [0, 0.1) is 0 Å². The smallest absolute Gasteiger partial charge is 0.0767 e. The molecule has 0 amide bonds. The number of benzene rings is 4. The molecule has 1 fully saturated rings. The molecule has 0 N–H and O–H groups in total. The lowest BCUT2D eigenvalue weighted by molar-refractivity contribution is 0.0336. The largest absolute Gasteiger partial charge is 0.379 e. The summed E-state index contributed by atoms with van der Waals surface area (Å²) in [5.41, 5.74) is 5.56. The quantitative estimate of drug-likeness (QED) is 0.222. The van der Waals surface area contributed by atoms with Gasteiger partial charge < -0.3 is 4.74 Å². The second kappa shape index (κ2) is 11.4. The Hall–Kier alpha value is -4.06. The molecule has 5 nitrogen and oxygen atoms in total. The Morgan fingerprint density at radius 3 is 2.44 bits per heavy atom. The monoisotopic (exact) mass is 540 g/mol. The number of hydrogen-bond acceptors (Lipinski definition) is 4. The van der Waals surface area contributed by atoms with Crippen molar-refractivity contribution >= 4 is 32.3 Å². The van der Waals surface area contributed by atoms with Crippen LogP contribution in [0.5, 0.6) is 0 Å². The van der Waals surface area contributed by atoms with Crippen LogP contribution in [-0.4, -0.2) is 46.0 Å². The first-order valence-corrected chi connectivity index (χ1v) is 14.8. The van der Waals surface area contributed by atoms with Crippen LogP contribution in [-0.2, 0) is 24.8 Å². The van der Waals surface area contributed by atoms with Crippen molar-refractivity contribution in [1.82, 2.24) is 19.7 Å². The molecule has 41 heavy (non-hydrogen) atoms. The zero-order valence-corrected chi connectivity index (χ0v) is 23.7. The summed E-state index contributed by atoms with van der Waals surface area (Å²) in [6.07, 6.45) is 7.27. The van der Waals surface area contributed by atoms with E-state index < -0.39 is 0 Å². The first kappa shape index (κ1) is 25.9. The van der Waals surface area contributed by atoms with E-state index >= 15 is 0 Å². The van der Waals surface area contributed by atoms with Gasteiger partial charge in [0.05, 0.1) is 18.9 Å². The number of nitrogens with zero attached hydrogens (tertiary/aromatic N) is 4. The van der Waals surface area contributed by atoms with E-state index in [-0.39, 0.29) is 0 Å². The molecule has 3 heterocycles. The van der Waals surface area contributed by atoms with Crippen molar-refractivity contribution in [1.29, 1.82) is 0 Å². The summed E-state index contributed by atoms with van der Waals surface area (Å²) >= 11 is 0. The SMILES string of the molecule is Cn1nc(CN2CCOCC2)cc1C1CCCc2c1ccc1c2ccc2ccccc21.c1ccc2cnccc2c1. The van der Waals surface area contributed by atoms with Gasteiger partial charge in [0, 0.05) is 50.7 Å². The molecule has 0 radical (unpaired) electrons. The number of morpholine rings is 1. The second-order valence-electron chi connectivity index (χ2n) is 11.3. The fourth-order valence-corrected chi connectivity index (χ4v) is 6.68. The van der Waals surface area contributed by atoms with Crippen LogP contribution < -0.4 is 0 Å². The van der Waals surface area contributed by atoms with E-state index in [4.69, 9.17) is 9.84 Å². The van der Waals surface area contributed by atoms with E-state index in [1.54, 1.807) is 0 Å². The van der Waals surface area contributed by atoms with Crippen LogP contribution in [0.4, 0.5) is 0 Å². The lowest BCUT2D eigenvalue weighted by Gasteiger charge is -2.27. The first-order chi connectivity index (χ1) is 20.2. The van der Waals surface area contributed by atoms with Crippen LogP contribution in [0.25, 0.3) is 32.3 Å². The van der Waals surface area contributed by atoms with Crippen LogP contribution in [0.3, 0.4) is 0 Å². The summed E-state index contributed by atoms with van der Waals surface area (Å²) in [5.74, 6) is 0.426. The van der Waals surface area contributed by atoms with E-state index in [2.05, 4.69) is 88.3 Å².